The van der Waals surface area contributed by atoms with E-state index in [0.717, 1.165) is 38.9 Å². The van der Waals surface area contributed by atoms with Crippen LogP contribution in [0.4, 0.5) is 0 Å². The smallest absolute Gasteiger partial charge is 0.335 e. The van der Waals surface area contributed by atoms with E-state index in [9.17, 15) is 19.5 Å². The lowest BCUT2D eigenvalue weighted by Crippen LogP contribution is -2.45. The van der Waals surface area contributed by atoms with Gasteiger partial charge in [-0.15, -0.1) is 0 Å². The SMILES string of the molecule is CCOc1cc(C2C3=C(CC(C)(C)CC3=O)N(CCOC)C3=C2C(=O)CC(C)(C)C3)cc(I)c1OCc1ccc(C(=O)O)cc1. The second-order valence-electron chi connectivity index (χ2n) is 13.7. The van der Waals surface area contributed by atoms with Crippen LogP contribution in [0.5, 0.6) is 11.5 Å². The summed E-state index contributed by atoms with van der Waals surface area (Å²) in [6.07, 6.45) is 2.30. The van der Waals surface area contributed by atoms with Gasteiger partial charge in [-0.25, -0.2) is 4.79 Å². The van der Waals surface area contributed by atoms with E-state index < -0.39 is 11.9 Å². The average Bonchev–Trinajstić information content (AvgIpc) is 2.94. The molecule has 1 heterocycles. The van der Waals surface area contributed by atoms with Gasteiger partial charge in [0.25, 0.3) is 0 Å². The van der Waals surface area contributed by atoms with Gasteiger partial charge < -0.3 is 24.2 Å². The molecule has 0 unspecified atom stereocenters. The molecule has 0 aromatic heterocycles. The van der Waals surface area contributed by atoms with E-state index in [1.807, 2.05) is 19.1 Å². The lowest BCUT2D eigenvalue weighted by atomic mass is 9.63. The molecule has 240 valence electrons. The second-order valence-corrected chi connectivity index (χ2v) is 14.9. The molecule has 45 heavy (non-hydrogen) atoms. The fourth-order valence-electron chi connectivity index (χ4n) is 6.89. The third-order valence-corrected chi connectivity index (χ3v) is 9.59. The van der Waals surface area contributed by atoms with Crippen molar-refractivity contribution in [3.8, 4) is 11.5 Å². The molecule has 1 N–H and O–H groups in total. The molecule has 1 aliphatic heterocycles. The number of carboxylic acid groups (broad SMARTS) is 1. The van der Waals surface area contributed by atoms with Gasteiger partial charge in [0.15, 0.2) is 23.1 Å². The zero-order chi connectivity index (χ0) is 32.7. The minimum Gasteiger partial charge on any atom is -0.490 e. The molecule has 0 fully saturated rings. The number of methoxy groups -OCH3 is 1. The van der Waals surface area contributed by atoms with Crippen LogP contribution in [-0.4, -0.2) is 54.4 Å². The minimum atomic E-state index is -0.979. The topological polar surface area (TPSA) is 102 Å². The molecule has 0 bridgehead atoms. The average molecular weight is 728 g/mol. The summed E-state index contributed by atoms with van der Waals surface area (Å²) in [7, 11) is 1.68. The maximum Gasteiger partial charge on any atom is 0.335 e. The molecule has 2 aromatic rings. The number of aromatic carboxylic acids is 1. The van der Waals surface area contributed by atoms with E-state index in [-0.39, 0.29) is 34.6 Å². The first-order chi connectivity index (χ1) is 21.2. The van der Waals surface area contributed by atoms with E-state index in [0.29, 0.717) is 55.2 Å². The number of benzene rings is 2. The summed E-state index contributed by atoms with van der Waals surface area (Å²) < 4.78 is 18.7. The van der Waals surface area contributed by atoms with E-state index in [2.05, 4.69) is 55.2 Å². The molecular formula is C36H42INO7. The maximum atomic E-state index is 14.1. The number of Topliss-reactive ketones (excluding diaryl/α,β-unsaturated/α-hetero) is 2. The third kappa shape index (κ3) is 6.84. The van der Waals surface area contributed by atoms with Gasteiger partial charge in [0.2, 0.25) is 0 Å². The Bertz CT molecular complexity index is 1530. The largest absolute Gasteiger partial charge is 0.490 e. The Kier molecular flexibility index (Phi) is 9.52. The van der Waals surface area contributed by atoms with Gasteiger partial charge >= 0.3 is 5.97 Å². The number of hydrogen-bond donors (Lipinski definition) is 1. The van der Waals surface area contributed by atoms with Crippen LogP contribution < -0.4 is 9.47 Å². The Morgan fingerprint density at radius 1 is 0.933 bits per heavy atom. The normalized spacial score (nSPS) is 19.4. The minimum absolute atomic E-state index is 0.0796. The fraction of sp³-hybridized carbons (Fsp3) is 0.472. The third-order valence-electron chi connectivity index (χ3n) is 8.79. The van der Waals surface area contributed by atoms with E-state index in [1.165, 1.54) is 0 Å². The van der Waals surface area contributed by atoms with Crippen LogP contribution in [0, 0.1) is 14.4 Å². The second kappa shape index (κ2) is 12.9. The number of ether oxygens (including phenoxy) is 3. The number of ketones is 2. The number of hydrogen-bond acceptors (Lipinski definition) is 7. The van der Waals surface area contributed by atoms with Crippen LogP contribution in [0.15, 0.2) is 58.9 Å². The van der Waals surface area contributed by atoms with Crippen LogP contribution in [0.1, 0.15) is 87.7 Å². The van der Waals surface area contributed by atoms with Crippen molar-refractivity contribution in [3.05, 3.63) is 79.2 Å². The van der Waals surface area contributed by atoms with Crippen LogP contribution in [-0.2, 0) is 20.9 Å². The van der Waals surface area contributed by atoms with Gasteiger partial charge in [0.05, 0.1) is 22.3 Å². The van der Waals surface area contributed by atoms with Crippen LogP contribution >= 0.6 is 22.6 Å². The van der Waals surface area contributed by atoms with Gasteiger partial charge in [-0.3, -0.25) is 9.59 Å². The summed E-state index contributed by atoms with van der Waals surface area (Å²) in [5.74, 6) is -0.206. The molecule has 3 aliphatic rings. The first-order valence-corrected chi connectivity index (χ1v) is 16.5. The predicted molar refractivity (Wildman–Crippen MR) is 179 cm³/mol. The molecule has 5 rings (SSSR count). The van der Waals surface area contributed by atoms with Gasteiger partial charge in [-0.05, 0) is 88.6 Å². The number of allylic oxidation sites excluding steroid dienone is 4. The van der Waals surface area contributed by atoms with Crippen molar-refractivity contribution in [2.24, 2.45) is 10.8 Å². The molecule has 8 nitrogen and oxygen atoms in total. The Morgan fingerprint density at radius 2 is 1.51 bits per heavy atom. The molecule has 0 spiro atoms. The molecule has 9 heteroatoms. The highest BCUT2D eigenvalue weighted by molar-refractivity contribution is 14.1. The summed E-state index contributed by atoms with van der Waals surface area (Å²) >= 11 is 2.23. The van der Waals surface area contributed by atoms with E-state index in [4.69, 9.17) is 14.2 Å². The Morgan fingerprint density at radius 3 is 2.02 bits per heavy atom. The Balaban J connectivity index is 1.63. The molecule has 0 saturated heterocycles. The Hall–Kier alpha value is -3.18. The monoisotopic (exact) mass is 727 g/mol. The number of nitrogens with zero attached hydrogens (tertiary/aromatic N) is 1. The zero-order valence-corrected chi connectivity index (χ0v) is 29.1. The number of carbonyl (C=O) groups excluding carboxylic acids is 2. The summed E-state index contributed by atoms with van der Waals surface area (Å²) in [5, 5.41) is 9.22. The summed E-state index contributed by atoms with van der Waals surface area (Å²) in [6.45, 7) is 12.1. The molecule has 2 aliphatic carbocycles. The lowest BCUT2D eigenvalue weighted by molar-refractivity contribution is -0.119. The molecule has 0 radical (unpaired) electrons. The first-order valence-electron chi connectivity index (χ1n) is 15.5. The predicted octanol–water partition coefficient (Wildman–Crippen LogP) is 7.30. The van der Waals surface area contributed by atoms with Crippen molar-refractivity contribution in [1.29, 1.82) is 0 Å². The van der Waals surface area contributed by atoms with Crippen molar-refractivity contribution in [3.63, 3.8) is 0 Å². The highest BCUT2D eigenvalue weighted by Crippen LogP contribution is 2.55. The van der Waals surface area contributed by atoms with Crippen LogP contribution in [0.2, 0.25) is 0 Å². The quantitative estimate of drug-likeness (QED) is 0.255. The highest BCUT2D eigenvalue weighted by atomic mass is 127. The summed E-state index contributed by atoms with van der Waals surface area (Å²) in [6, 6.07) is 10.5. The van der Waals surface area contributed by atoms with Crippen molar-refractivity contribution in [2.75, 3.05) is 26.9 Å². The van der Waals surface area contributed by atoms with Crippen molar-refractivity contribution in [1.82, 2.24) is 4.90 Å². The number of carboxylic acids is 1. The summed E-state index contributed by atoms with van der Waals surface area (Å²) in [4.78, 5) is 41.7. The zero-order valence-electron chi connectivity index (χ0n) is 26.9. The van der Waals surface area contributed by atoms with Gasteiger partial charge in [-0.2, -0.15) is 0 Å². The number of carbonyl (C=O) groups is 3. The lowest BCUT2D eigenvalue weighted by Gasteiger charge is -2.49. The van der Waals surface area contributed by atoms with Gasteiger partial charge in [0, 0.05) is 55.0 Å². The first kappa shape index (κ1) is 33.2. The molecule has 2 aromatic carbocycles. The van der Waals surface area contributed by atoms with Crippen molar-refractivity contribution >= 4 is 40.1 Å². The molecule has 0 atom stereocenters. The fourth-order valence-corrected chi connectivity index (χ4v) is 7.67. The van der Waals surface area contributed by atoms with Gasteiger partial charge in [-0.1, -0.05) is 39.8 Å². The summed E-state index contributed by atoms with van der Waals surface area (Å²) in [5.41, 5.74) is 4.89. The number of halogens is 1. The molecular weight excluding hydrogens is 685 g/mol. The van der Waals surface area contributed by atoms with Crippen LogP contribution in [0.3, 0.4) is 0 Å². The molecule has 0 saturated carbocycles. The molecule has 0 amide bonds. The van der Waals surface area contributed by atoms with Gasteiger partial charge in [0.1, 0.15) is 6.61 Å². The van der Waals surface area contributed by atoms with E-state index >= 15 is 0 Å². The van der Waals surface area contributed by atoms with Crippen molar-refractivity contribution in [2.45, 2.75) is 72.8 Å². The van der Waals surface area contributed by atoms with Crippen LogP contribution in [0.25, 0.3) is 0 Å². The van der Waals surface area contributed by atoms with E-state index in [1.54, 1.807) is 31.4 Å². The maximum absolute atomic E-state index is 14.1. The Labute approximate surface area is 278 Å². The standard InChI is InChI=1S/C36H42INO7/c1-7-44-29-15-23(14-24(37)33(29)45-20-21-8-10-22(11-9-21)34(41)42)30-31-25(16-35(2,3)18-27(31)39)38(12-13-43-6)26-17-36(4,5)19-28(40)32(26)30/h8-11,14-15,30H,7,12-13,16-20H2,1-6H3,(H,41,42). The highest BCUT2D eigenvalue weighted by Gasteiger charge is 2.49. The number of rotatable bonds is 10. The van der Waals surface area contributed by atoms with Crippen molar-refractivity contribution < 1.29 is 33.7 Å².